The second-order valence-corrected chi connectivity index (χ2v) is 19.4. The number of phosphoric acid groups is 2. The minimum Gasteiger partial charge on any atom is -0.462 e. The summed E-state index contributed by atoms with van der Waals surface area (Å²) in [5.41, 5.74) is 0. The molecular formula is C47H86O14P2. The molecule has 16 heteroatoms. The zero-order valence-corrected chi connectivity index (χ0v) is 40.7. The summed E-state index contributed by atoms with van der Waals surface area (Å²) >= 11 is 0. The first kappa shape index (κ1) is 61.0. The lowest BCUT2D eigenvalue weighted by molar-refractivity contribution is -0.161. The highest BCUT2D eigenvalue weighted by Gasteiger charge is 2.28. The van der Waals surface area contributed by atoms with Crippen molar-refractivity contribution in [1.82, 2.24) is 0 Å². The summed E-state index contributed by atoms with van der Waals surface area (Å²) in [6, 6.07) is 0. The number of allylic oxidation sites excluding steroid dienone is 6. The summed E-state index contributed by atoms with van der Waals surface area (Å²) < 4.78 is 47.8. The van der Waals surface area contributed by atoms with Crippen molar-refractivity contribution in [2.75, 3.05) is 26.4 Å². The largest absolute Gasteiger partial charge is 0.472 e. The second-order valence-electron chi connectivity index (χ2n) is 16.7. The molecule has 0 aromatic carbocycles. The number of hydrogen-bond donors (Lipinski definition) is 5. The molecule has 14 nitrogen and oxygen atoms in total. The van der Waals surface area contributed by atoms with Crippen molar-refractivity contribution in [1.29, 1.82) is 0 Å². The zero-order chi connectivity index (χ0) is 46.9. The first-order valence-electron chi connectivity index (χ1n) is 23.8. The molecule has 5 N–H and O–H groups in total. The van der Waals surface area contributed by atoms with Crippen LogP contribution in [0, 0.1) is 5.92 Å². The van der Waals surface area contributed by atoms with Gasteiger partial charge in [0.15, 0.2) is 6.10 Å². The summed E-state index contributed by atoms with van der Waals surface area (Å²) in [6.45, 7) is 3.92. The van der Waals surface area contributed by atoms with Crippen LogP contribution in [0.25, 0.3) is 0 Å². The van der Waals surface area contributed by atoms with Gasteiger partial charge in [-0.15, -0.1) is 0 Å². The van der Waals surface area contributed by atoms with Gasteiger partial charge >= 0.3 is 27.6 Å². The van der Waals surface area contributed by atoms with Crippen LogP contribution in [-0.4, -0.2) is 81.6 Å². The van der Waals surface area contributed by atoms with E-state index in [1.807, 2.05) is 18.2 Å². The summed E-state index contributed by atoms with van der Waals surface area (Å²) in [4.78, 5) is 52.8. The maximum absolute atomic E-state index is 12.7. The van der Waals surface area contributed by atoms with Gasteiger partial charge in [0.05, 0.1) is 25.9 Å². The van der Waals surface area contributed by atoms with E-state index >= 15 is 0 Å². The van der Waals surface area contributed by atoms with E-state index in [2.05, 4.69) is 42.0 Å². The Morgan fingerprint density at radius 2 is 1.11 bits per heavy atom. The minimum atomic E-state index is -4.88. The van der Waals surface area contributed by atoms with Gasteiger partial charge in [-0.1, -0.05) is 179 Å². The Morgan fingerprint density at radius 1 is 0.571 bits per heavy atom. The maximum atomic E-state index is 12.7. The van der Waals surface area contributed by atoms with Gasteiger partial charge in [0, 0.05) is 12.8 Å². The number of esters is 2. The molecule has 0 saturated heterocycles. The smallest absolute Gasteiger partial charge is 0.462 e. The van der Waals surface area contributed by atoms with Gasteiger partial charge in [-0.3, -0.25) is 23.2 Å². The van der Waals surface area contributed by atoms with E-state index < -0.39 is 72.3 Å². The number of phosphoric ester groups is 2. The first-order chi connectivity index (χ1) is 30.1. The van der Waals surface area contributed by atoms with Crippen molar-refractivity contribution < 1.29 is 66.7 Å². The van der Waals surface area contributed by atoms with E-state index in [0.717, 1.165) is 38.0 Å². The number of aliphatic hydroxyl groups excluding tert-OH is 2. The Balaban J connectivity index is 4.61. The van der Waals surface area contributed by atoms with Crippen molar-refractivity contribution in [3.8, 4) is 0 Å². The summed E-state index contributed by atoms with van der Waals surface area (Å²) in [6.07, 6.45) is 38.5. The molecule has 0 bridgehead atoms. The molecule has 0 heterocycles. The third-order valence-electron chi connectivity index (χ3n) is 9.97. The molecule has 0 aromatic heterocycles. The number of hydrogen-bond acceptors (Lipinski definition) is 11. The molecule has 0 radical (unpaired) electrons. The topological polar surface area (TPSA) is 216 Å². The molecule has 0 aliphatic carbocycles. The molecule has 4 atom stereocenters. The SMILES string of the molecule is CCCCC/C=C\C/C=C\CC(O)/C=C\C=C\CCCC(=O)O[C@H](COC(=O)CCCCCCCCCCCCCCCCCC(C)C)COP(=O)(O)OC[C@@H](O)COP(=O)(O)O. The molecule has 0 aliphatic rings. The van der Waals surface area contributed by atoms with E-state index in [-0.39, 0.29) is 12.8 Å². The maximum Gasteiger partial charge on any atom is 0.472 e. The molecule has 368 valence electrons. The van der Waals surface area contributed by atoms with Gasteiger partial charge in [0.2, 0.25) is 0 Å². The van der Waals surface area contributed by atoms with Crippen LogP contribution >= 0.6 is 15.6 Å². The Bertz CT molecular complexity index is 1330. The van der Waals surface area contributed by atoms with Gasteiger partial charge < -0.3 is 34.4 Å². The van der Waals surface area contributed by atoms with E-state index in [0.29, 0.717) is 25.7 Å². The lowest BCUT2D eigenvalue weighted by Gasteiger charge is -2.20. The average molecular weight is 937 g/mol. The number of ether oxygens (including phenoxy) is 2. The third-order valence-corrected chi connectivity index (χ3v) is 11.4. The quantitative estimate of drug-likeness (QED) is 0.0126. The van der Waals surface area contributed by atoms with Crippen molar-refractivity contribution in [2.45, 2.75) is 206 Å². The predicted molar refractivity (Wildman–Crippen MR) is 250 cm³/mol. The molecule has 0 fully saturated rings. The van der Waals surface area contributed by atoms with Crippen molar-refractivity contribution in [2.24, 2.45) is 5.92 Å². The fourth-order valence-electron chi connectivity index (χ4n) is 6.31. The number of rotatable bonds is 44. The van der Waals surface area contributed by atoms with Crippen molar-refractivity contribution in [3.63, 3.8) is 0 Å². The van der Waals surface area contributed by atoms with E-state index in [1.54, 1.807) is 18.2 Å². The molecule has 63 heavy (non-hydrogen) atoms. The Labute approximate surface area is 380 Å². The third kappa shape index (κ3) is 46.4. The number of carbonyl (C=O) groups is 2. The van der Waals surface area contributed by atoms with Crippen LogP contribution in [0.3, 0.4) is 0 Å². The van der Waals surface area contributed by atoms with Crippen LogP contribution in [0.5, 0.6) is 0 Å². The zero-order valence-electron chi connectivity index (χ0n) is 38.9. The van der Waals surface area contributed by atoms with Crippen LogP contribution in [-0.2, 0) is 41.8 Å². The summed E-state index contributed by atoms with van der Waals surface area (Å²) in [5, 5.41) is 19.9. The standard InChI is InChI=1S/C47H86O14P2/c1-4-5-6-7-8-16-20-24-29-34-43(48)35-30-25-22-27-32-37-47(51)61-45(41-60-63(55,56)59-39-44(49)38-58-62(52,53)54)40-57-46(50)36-31-26-21-18-15-13-11-9-10-12-14-17-19-23-28-33-42(2)3/h8,16,22,24-25,29-30,35,42-45,48-49H,4-7,9-15,17-21,23,26-28,31-34,36-41H2,1-3H3,(H,55,56)(H2,52,53,54)/b16-8-,25-22+,29-24-,35-30-/t43?,44-,45+/m0/s1. The molecule has 2 unspecified atom stereocenters. The van der Waals surface area contributed by atoms with Crippen molar-refractivity contribution in [3.05, 3.63) is 48.6 Å². The van der Waals surface area contributed by atoms with Gasteiger partial charge in [0.25, 0.3) is 0 Å². The lowest BCUT2D eigenvalue weighted by atomic mass is 10.0. The number of unbranched alkanes of at least 4 members (excludes halogenated alkanes) is 18. The molecule has 0 amide bonds. The van der Waals surface area contributed by atoms with Gasteiger partial charge in [-0.05, 0) is 50.9 Å². The van der Waals surface area contributed by atoms with Gasteiger partial charge in [-0.2, -0.15) is 0 Å². The molecule has 0 saturated carbocycles. The van der Waals surface area contributed by atoms with E-state index in [1.165, 1.54) is 96.3 Å². The summed E-state index contributed by atoms with van der Waals surface area (Å²) in [7, 11) is -9.73. The Kier molecular flexibility index (Phi) is 40.2. The second kappa shape index (κ2) is 41.5. The number of carbonyl (C=O) groups excluding carboxylic acids is 2. The molecular weight excluding hydrogens is 850 g/mol. The van der Waals surface area contributed by atoms with Crippen LogP contribution < -0.4 is 0 Å². The lowest BCUT2D eigenvalue weighted by Crippen LogP contribution is -2.29. The highest BCUT2D eigenvalue weighted by molar-refractivity contribution is 7.47. The fraction of sp³-hybridized carbons (Fsp3) is 0.787. The molecule has 0 aromatic rings. The van der Waals surface area contributed by atoms with Crippen LogP contribution in [0.15, 0.2) is 48.6 Å². The highest BCUT2D eigenvalue weighted by atomic mass is 31.2. The monoisotopic (exact) mass is 937 g/mol. The van der Waals surface area contributed by atoms with Gasteiger partial charge in [0.1, 0.15) is 12.7 Å². The molecule has 0 rings (SSSR count). The molecule has 0 aliphatic heterocycles. The van der Waals surface area contributed by atoms with E-state index in [4.69, 9.17) is 23.8 Å². The van der Waals surface area contributed by atoms with E-state index in [9.17, 15) is 33.8 Å². The predicted octanol–water partition coefficient (Wildman–Crippen LogP) is 11.4. The number of aliphatic hydroxyl groups is 2. The fourth-order valence-corrected chi connectivity index (χ4v) is 7.47. The Hall–Kier alpha value is -1.96. The van der Waals surface area contributed by atoms with Crippen LogP contribution in [0.4, 0.5) is 0 Å². The van der Waals surface area contributed by atoms with Gasteiger partial charge in [-0.25, -0.2) is 9.13 Å². The summed E-state index contributed by atoms with van der Waals surface area (Å²) in [5.74, 6) is -0.345. The molecule has 0 spiro atoms. The van der Waals surface area contributed by atoms with Crippen LogP contribution in [0.2, 0.25) is 0 Å². The normalized spacial score (nSPS) is 14.9. The first-order valence-corrected chi connectivity index (χ1v) is 26.8. The average Bonchev–Trinajstić information content (AvgIpc) is 3.22. The van der Waals surface area contributed by atoms with Crippen LogP contribution in [0.1, 0.15) is 188 Å². The highest BCUT2D eigenvalue weighted by Crippen LogP contribution is 2.43. The van der Waals surface area contributed by atoms with Crippen molar-refractivity contribution >= 4 is 27.6 Å². The Morgan fingerprint density at radius 3 is 1.71 bits per heavy atom. The minimum absolute atomic E-state index is 0.00318.